The number of rotatable bonds is 0. The number of halogens is 3. The number of hydrogen-bond donors (Lipinski definition) is 0. The predicted molar refractivity (Wildman–Crippen MR) is 65.0 cm³/mol. The molecule has 76 valence electrons. The van der Waals surface area contributed by atoms with Crippen molar-refractivity contribution >= 4 is 55.0 Å². The van der Waals surface area contributed by atoms with Crippen molar-refractivity contribution in [2.45, 2.75) is 0 Å². The molecule has 0 bridgehead atoms. The van der Waals surface area contributed by atoms with E-state index in [4.69, 9.17) is 11.6 Å². The van der Waals surface area contributed by atoms with E-state index in [9.17, 15) is 9.59 Å². The molecular weight excluding hydrogens is 347 g/mol. The number of hydrogen-bond acceptors (Lipinski definition) is 2. The molecule has 0 unspecified atom stereocenters. The third-order valence-electron chi connectivity index (χ3n) is 2.08. The zero-order chi connectivity index (χ0) is 11.2. The Morgan fingerprint density at radius 1 is 1.00 bits per heavy atom. The van der Waals surface area contributed by atoms with E-state index in [2.05, 4.69) is 31.9 Å². The van der Waals surface area contributed by atoms with E-state index >= 15 is 0 Å². The molecule has 0 aromatic heterocycles. The number of allylic oxidation sites excluding steroid dienone is 2. The van der Waals surface area contributed by atoms with Gasteiger partial charge in [-0.1, -0.05) is 23.7 Å². The summed E-state index contributed by atoms with van der Waals surface area (Å²) in [7, 11) is 0. The largest absolute Gasteiger partial charge is 0.288 e. The molecule has 0 radical (unpaired) electrons. The minimum Gasteiger partial charge on any atom is -0.288 e. The molecule has 1 aromatic carbocycles. The van der Waals surface area contributed by atoms with Gasteiger partial charge in [-0.15, -0.1) is 0 Å². The summed E-state index contributed by atoms with van der Waals surface area (Å²) in [4.78, 5) is 23.6. The number of Topliss-reactive ketones (excluding diaryl/α,β-unsaturated/α-hetero) is 2. The second-order valence-electron chi connectivity index (χ2n) is 2.95. The van der Waals surface area contributed by atoms with Crippen LogP contribution in [0.4, 0.5) is 0 Å². The summed E-state index contributed by atoms with van der Waals surface area (Å²) >= 11 is 12.0. The van der Waals surface area contributed by atoms with Crippen LogP contribution in [0.15, 0.2) is 27.2 Å². The van der Waals surface area contributed by atoms with Gasteiger partial charge in [0.25, 0.3) is 0 Å². The molecule has 5 heteroatoms. The quantitative estimate of drug-likeness (QED) is 0.715. The zero-order valence-electron chi connectivity index (χ0n) is 7.18. The molecule has 0 saturated heterocycles. The van der Waals surface area contributed by atoms with Gasteiger partial charge in [-0.25, -0.2) is 0 Å². The Morgan fingerprint density at radius 2 is 1.60 bits per heavy atom. The van der Waals surface area contributed by atoms with Crippen molar-refractivity contribution in [2.75, 3.05) is 0 Å². The van der Waals surface area contributed by atoms with Gasteiger partial charge in [0.05, 0.1) is 19.6 Å². The van der Waals surface area contributed by atoms with Gasteiger partial charge < -0.3 is 0 Å². The van der Waals surface area contributed by atoms with Crippen LogP contribution in [0.1, 0.15) is 20.7 Å². The number of benzene rings is 1. The number of ketones is 2. The highest BCUT2D eigenvalue weighted by atomic mass is 79.9. The lowest BCUT2D eigenvalue weighted by Gasteiger charge is -2.15. The van der Waals surface area contributed by atoms with E-state index in [1.807, 2.05) is 0 Å². The Labute approximate surface area is 108 Å². The highest BCUT2D eigenvalue weighted by Crippen LogP contribution is 2.35. The molecule has 1 aliphatic carbocycles. The Bertz CT molecular complexity index is 520. The van der Waals surface area contributed by atoms with Gasteiger partial charge in [0, 0.05) is 5.56 Å². The lowest BCUT2D eigenvalue weighted by Crippen LogP contribution is -2.17. The molecule has 1 aliphatic rings. The van der Waals surface area contributed by atoms with Crippen LogP contribution in [0.25, 0.3) is 0 Å². The number of carbonyl (C=O) groups excluding carboxylic acids is 2. The van der Waals surface area contributed by atoms with Gasteiger partial charge in [0.15, 0.2) is 0 Å². The van der Waals surface area contributed by atoms with Crippen molar-refractivity contribution < 1.29 is 9.59 Å². The Hall–Kier alpha value is -0.450. The maximum Gasteiger partial charge on any atom is 0.203 e. The summed E-state index contributed by atoms with van der Waals surface area (Å²) in [6, 6.07) is 4.82. The second-order valence-corrected chi connectivity index (χ2v) is 4.94. The molecule has 2 nitrogen and oxygen atoms in total. The smallest absolute Gasteiger partial charge is 0.203 e. The summed E-state index contributed by atoms with van der Waals surface area (Å²) in [6.07, 6.45) is 0. The van der Waals surface area contributed by atoms with Crippen molar-refractivity contribution in [3.05, 3.63) is 43.3 Å². The Balaban J connectivity index is 2.79. The number of fused-ring (bicyclic) bond motifs is 1. The van der Waals surface area contributed by atoms with E-state index in [1.165, 1.54) is 0 Å². The molecule has 1 aromatic rings. The van der Waals surface area contributed by atoms with Crippen LogP contribution in [0, 0.1) is 0 Å². The molecule has 0 amide bonds. The van der Waals surface area contributed by atoms with Crippen molar-refractivity contribution in [2.24, 2.45) is 0 Å². The van der Waals surface area contributed by atoms with E-state index in [0.29, 0.717) is 10.6 Å². The van der Waals surface area contributed by atoms with Gasteiger partial charge in [0.1, 0.15) is 0 Å². The molecular formula is C10H3Br2ClO2. The van der Waals surface area contributed by atoms with Gasteiger partial charge in [-0.05, 0) is 37.9 Å². The van der Waals surface area contributed by atoms with Crippen LogP contribution in [0.2, 0.25) is 5.02 Å². The highest BCUT2D eigenvalue weighted by Gasteiger charge is 2.31. The molecule has 0 atom stereocenters. The highest BCUT2D eigenvalue weighted by molar-refractivity contribution is 9.14. The monoisotopic (exact) mass is 348 g/mol. The molecule has 0 heterocycles. The molecule has 2 rings (SSSR count). The van der Waals surface area contributed by atoms with Crippen LogP contribution in [0.3, 0.4) is 0 Å². The first-order chi connectivity index (χ1) is 7.04. The van der Waals surface area contributed by atoms with Gasteiger partial charge >= 0.3 is 0 Å². The zero-order valence-corrected chi connectivity index (χ0v) is 11.1. The maximum absolute atomic E-state index is 11.8. The average Bonchev–Trinajstić information content (AvgIpc) is 2.23. The topological polar surface area (TPSA) is 34.1 Å². The van der Waals surface area contributed by atoms with Crippen LogP contribution < -0.4 is 0 Å². The first-order valence-corrected chi connectivity index (χ1v) is 5.93. The third-order valence-corrected chi connectivity index (χ3v) is 4.44. The Kier molecular flexibility index (Phi) is 2.83. The summed E-state index contributed by atoms with van der Waals surface area (Å²) in [5.74, 6) is -0.513. The van der Waals surface area contributed by atoms with E-state index < -0.39 is 0 Å². The first-order valence-electron chi connectivity index (χ1n) is 3.97. The van der Waals surface area contributed by atoms with E-state index in [0.717, 1.165) is 0 Å². The SMILES string of the molecule is O=C1C(Br)=C(Br)C(=O)c2c(Cl)cccc21. The van der Waals surface area contributed by atoms with Gasteiger partial charge in [0.2, 0.25) is 11.6 Å². The van der Waals surface area contributed by atoms with E-state index in [1.54, 1.807) is 18.2 Å². The molecule has 15 heavy (non-hydrogen) atoms. The maximum atomic E-state index is 11.8. The lowest BCUT2D eigenvalue weighted by atomic mass is 9.95. The second kappa shape index (κ2) is 3.85. The first kappa shape index (κ1) is 11.0. The molecule has 0 saturated carbocycles. The van der Waals surface area contributed by atoms with Gasteiger partial charge in [-0.2, -0.15) is 0 Å². The summed E-state index contributed by atoms with van der Waals surface area (Å²) < 4.78 is 0.454. The summed E-state index contributed by atoms with van der Waals surface area (Å²) in [5.41, 5.74) is 0.599. The fourth-order valence-electron chi connectivity index (χ4n) is 1.37. The standard InChI is InChI=1S/C10H3Br2ClO2/c11-7-8(12)10(15)6-4(9(7)14)2-1-3-5(6)13/h1-3H. The van der Waals surface area contributed by atoms with Crippen LogP contribution in [-0.4, -0.2) is 11.6 Å². The Morgan fingerprint density at radius 3 is 2.27 bits per heavy atom. The predicted octanol–water partition coefficient (Wildman–Crippen LogP) is 3.72. The normalized spacial score (nSPS) is 15.7. The number of carbonyl (C=O) groups is 2. The average molecular weight is 350 g/mol. The molecule has 0 spiro atoms. The minimum absolute atomic E-state index is 0.216. The van der Waals surface area contributed by atoms with Crippen molar-refractivity contribution in [3.8, 4) is 0 Å². The van der Waals surface area contributed by atoms with Crippen LogP contribution >= 0.6 is 43.5 Å². The van der Waals surface area contributed by atoms with Crippen LogP contribution in [0.5, 0.6) is 0 Å². The third kappa shape index (κ3) is 1.61. The van der Waals surface area contributed by atoms with Crippen LogP contribution in [-0.2, 0) is 0 Å². The fourth-order valence-corrected chi connectivity index (χ4v) is 2.40. The summed E-state index contributed by atoms with van der Waals surface area (Å²) in [5, 5.41) is 0.294. The molecule has 0 fully saturated rings. The van der Waals surface area contributed by atoms with Crippen molar-refractivity contribution in [1.82, 2.24) is 0 Å². The summed E-state index contributed by atoms with van der Waals surface area (Å²) in [6.45, 7) is 0. The molecule has 0 N–H and O–H groups in total. The van der Waals surface area contributed by atoms with E-state index in [-0.39, 0.29) is 26.1 Å². The molecule has 0 aliphatic heterocycles. The van der Waals surface area contributed by atoms with Crippen molar-refractivity contribution in [3.63, 3.8) is 0 Å². The van der Waals surface area contributed by atoms with Crippen molar-refractivity contribution in [1.29, 1.82) is 0 Å². The van der Waals surface area contributed by atoms with Gasteiger partial charge in [-0.3, -0.25) is 9.59 Å². The lowest BCUT2D eigenvalue weighted by molar-refractivity contribution is 0.0989. The minimum atomic E-state index is -0.276. The fraction of sp³-hybridized carbons (Fsp3) is 0.